The Bertz CT molecular complexity index is 377. The van der Waals surface area contributed by atoms with E-state index in [1.54, 1.807) is 6.08 Å². The van der Waals surface area contributed by atoms with Crippen molar-refractivity contribution in [2.24, 2.45) is 11.3 Å². The summed E-state index contributed by atoms with van der Waals surface area (Å²) in [5.74, 6) is 0.641. The molecule has 0 aromatic heterocycles. The van der Waals surface area contributed by atoms with E-state index >= 15 is 0 Å². The first kappa shape index (κ1) is 13.6. The molecule has 0 aromatic rings. The monoisotopic (exact) mass is 236 g/mol. The van der Waals surface area contributed by atoms with Gasteiger partial charge in [-0.05, 0) is 18.9 Å². The predicted octanol–water partition coefficient (Wildman–Crippen LogP) is 2.85. The van der Waals surface area contributed by atoms with Crippen LogP contribution in [0.15, 0.2) is 36.1 Å². The summed E-state index contributed by atoms with van der Waals surface area (Å²) in [7, 11) is 1.38. The van der Waals surface area contributed by atoms with E-state index in [0.717, 1.165) is 0 Å². The fraction of sp³-hybridized carbons (Fsp3) is 0.500. The smallest absolute Gasteiger partial charge is 0.338 e. The maximum Gasteiger partial charge on any atom is 0.338 e. The average Bonchev–Trinajstić information content (AvgIpc) is 2.64. The molecule has 0 N–H and O–H groups in total. The van der Waals surface area contributed by atoms with Crippen LogP contribution in [0.2, 0.25) is 0 Å². The highest BCUT2D eigenvalue weighted by Crippen LogP contribution is 2.39. The van der Waals surface area contributed by atoms with E-state index in [1.165, 1.54) is 7.11 Å². The number of hydrogen-bond donors (Lipinski definition) is 0. The Balaban J connectivity index is 3.15. The van der Waals surface area contributed by atoms with Crippen molar-refractivity contribution in [3.05, 3.63) is 36.1 Å². The molecule has 0 saturated carbocycles. The molecule has 3 nitrogen and oxygen atoms in total. The van der Waals surface area contributed by atoms with Crippen molar-refractivity contribution in [1.82, 2.24) is 0 Å². The van der Waals surface area contributed by atoms with E-state index in [1.807, 2.05) is 19.1 Å². The Morgan fingerprint density at radius 1 is 1.59 bits per heavy atom. The zero-order valence-corrected chi connectivity index (χ0v) is 10.9. The third-order valence-electron chi connectivity index (χ3n) is 2.82. The summed E-state index contributed by atoms with van der Waals surface area (Å²) >= 11 is 0. The molecule has 1 aliphatic heterocycles. The highest BCUT2D eigenvalue weighted by molar-refractivity contribution is 5.92. The topological polar surface area (TPSA) is 35.5 Å². The van der Waals surface area contributed by atoms with Crippen LogP contribution in [0.3, 0.4) is 0 Å². The highest BCUT2D eigenvalue weighted by Gasteiger charge is 2.40. The van der Waals surface area contributed by atoms with Crippen molar-refractivity contribution in [1.29, 1.82) is 0 Å². The van der Waals surface area contributed by atoms with Gasteiger partial charge in [0.15, 0.2) is 0 Å². The van der Waals surface area contributed by atoms with E-state index in [2.05, 4.69) is 20.4 Å². The van der Waals surface area contributed by atoms with Crippen LogP contribution in [0.5, 0.6) is 0 Å². The third-order valence-corrected chi connectivity index (χ3v) is 2.82. The standard InChI is InChI=1S/C14H20O3/c1-6-14(4)9-17-11(8-7-10(2)3)12(14)13(15)16-5/h6-8,10H,1,9H2,2-5H3/b8-7+/t14-/m0/s1. The van der Waals surface area contributed by atoms with Gasteiger partial charge in [0, 0.05) is 0 Å². The second kappa shape index (κ2) is 5.21. The van der Waals surface area contributed by atoms with Crippen molar-refractivity contribution in [3.63, 3.8) is 0 Å². The van der Waals surface area contributed by atoms with Crippen LogP contribution in [0.1, 0.15) is 20.8 Å². The van der Waals surface area contributed by atoms with Crippen molar-refractivity contribution >= 4 is 5.97 Å². The first-order valence-electron chi connectivity index (χ1n) is 5.72. The minimum Gasteiger partial charge on any atom is -0.492 e. The fourth-order valence-electron chi connectivity index (χ4n) is 1.66. The van der Waals surface area contributed by atoms with Gasteiger partial charge in [0.2, 0.25) is 0 Å². The number of carbonyl (C=O) groups excluding carboxylic acids is 1. The lowest BCUT2D eigenvalue weighted by Crippen LogP contribution is -2.23. The summed E-state index contributed by atoms with van der Waals surface area (Å²) < 4.78 is 10.4. The molecule has 0 amide bonds. The zero-order chi connectivity index (χ0) is 13.1. The fourth-order valence-corrected chi connectivity index (χ4v) is 1.66. The summed E-state index contributed by atoms with van der Waals surface area (Å²) in [5.41, 5.74) is 0.0795. The summed E-state index contributed by atoms with van der Waals surface area (Å²) in [4.78, 5) is 11.8. The molecule has 1 aliphatic rings. The number of allylic oxidation sites excluding steroid dienone is 2. The largest absolute Gasteiger partial charge is 0.492 e. The van der Waals surface area contributed by atoms with Crippen LogP contribution in [0, 0.1) is 11.3 Å². The van der Waals surface area contributed by atoms with Crippen LogP contribution in [-0.2, 0) is 14.3 Å². The van der Waals surface area contributed by atoms with E-state index in [4.69, 9.17) is 9.47 Å². The molecule has 1 atom stereocenters. The second-order valence-corrected chi connectivity index (χ2v) is 4.74. The molecule has 0 aliphatic carbocycles. The van der Waals surface area contributed by atoms with Crippen molar-refractivity contribution in [2.45, 2.75) is 20.8 Å². The van der Waals surface area contributed by atoms with E-state index in [0.29, 0.717) is 23.9 Å². The quantitative estimate of drug-likeness (QED) is 0.556. The normalized spacial score (nSPS) is 24.3. The maximum absolute atomic E-state index is 11.8. The molecule has 94 valence electrons. The molecule has 1 heterocycles. The first-order chi connectivity index (χ1) is 7.94. The second-order valence-electron chi connectivity index (χ2n) is 4.74. The molecule has 3 heteroatoms. The lowest BCUT2D eigenvalue weighted by atomic mass is 9.84. The highest BCUT2D eigenvalue weighted by atomic mass is 16.5. The molecule has 0 bridgehead atoms. The average molecular weight is 236 g/mol. The van der Waals surface area contributed by atoms with E-state index < -0.39 is 5.41 Å². The van der Waals surface area contributed by atoms with Crippen LogP contribution < -0.4 is 0 Å². The summed E-state index contributed by atoms with van der Waals surface area (Å²) in [6.07, 6.45) is 5.56. The minimum atomic E-state index is -0.469. The number of hydrogen-bond acceptors (Lipinski definition) is 3. The number of carbonyl (C=O) groups is 1. The Labute approximate surface area is 103 Å². The third kappa shape index (κ3) is 2.78. The first-order valence-corrected chi connectivity index (χ1v) is 5.72. The van der Waals surface area contributed by atoms with Gasteiger partial charge in [-0.1, -0.05) is 26.0 Å². The van der Waals surface area contributed by atoms with Crippen LogP contribution >= 0.6 is 0 Å². The van der Waals surface area contributed by atoms with Gasteiger partial charge in [-0.2, -0.15) is 0 Å². The van der Waals surface area contributed by atoms with Crippen molar-refractivity contribution in [3.8, 4) is 0 Å². The molecule has 1 rings (SSSR count). The maximum atomic E-state index is 11.8. The SMILES string of the molecule is C=C[C@@]1(C)COC(/C=C/C(C)C)=C1C(=O)OC. The van der Waals surface area contributed by atoms with Crippen LogP contribution in [0.25, 0.3) is 0 Å². The summed E-state index contributed by atoms with van der Waals surface area (Å²) in [6.45, 7) is 10.2. The molecular weight excluding hydrogens is 216 g/mol. The van der Waals surface area contributed by atoms with Gasteiger partial charge < -0.3 is 9.47 Å². The molecule has 0 fully saturated rings. The summed E-state index contributed by atoms with van der Waals surface area (Å²) in [6, 6.07) is 0. The predicted molar refractivity (Wildman–Crippen MR) is 67.3 cm³/mol. The van der Waals surface area contributed by atoms with Gasteiger partial charge in [-0.25, -0.2) is 4.79 Å². The number of methoxy groups -OCH3 is 1. The lowest BCUT2D eigenvalue weighted by molar-refractivity contribution is -0.136. The van der Waals surface area contributed by atoms with E-state index in [-0.39, 0.29) is 5.97 Å². The molecule has 0 spiro atoms. The van der Waals surface area contributed by atoms with Gasteiger partial charge in [0.05, 0.1) is 18.1 Å². The lowest BCUT2D eigenvalue weighted by Gasteiger charge is -2.18. The molecule has 0 radical (unpaired) electrons. The van der Waals surface area contributed by atoms with Crippen LogP contribution in [0.4, 0.5) is 0 Å². The molecular formula is C14H20O3. The summed E-state index contributed by atoms with van der Waals surface area (Å²) in [5, 5.41) is 0. The number of rotatable bonds is 4. The number of esters is 1. The van der Waals surface area contributed by atoms with Gasteiger partial charge in [-0.3, -0.25) is 0 Å². The van der Waals surface area contributed by atoms with Gasteiger partial charge in [0.1, 0.15) is 12.4 Å². The molecule has 0 unspecified atom stereocenters. The molecule has 17 heavy (non-hydrogen) atoms. The Morgan fingerprint density at radius 2 is 2.24 bits per heavy atom. The van der Waals surface area contributed by atoms with E-state index in [9.17, 15) is 4.79 Å². The molecule has 0 aromatic carbocycles. The number of ether oxygens (including phenoxy) is 2. The Hall–Kier alpha value is -1.51. The van der Waals surface area contributed by atoms with Crippen molar-refractivity contribution in [2.75, 3.05) is 13.7 Å². The van der Waals surface area contributed by atoms with Gasteiger partial charge in [-0.15, -0.1) is 6.58 Å². The minimum absolute atomic E-state index is 0.353. The van der Waals surface area contributed by atoms with Gasteiger partial charge >= 0.3 is 5.97 Å². The zero-order valence-electron chi connectivity index (χ0n) is 10.9. The molecule has 0 saturated heterocycles. The van der Waals surface area contributed by atoms with Gasteiger partial charge in [0.25, 0.3) is 0 Å². The van der Waals surface area contributed by atoms with Crippen molar-refractivity contribution < 1.29 is 14.3 Å². The Kier molecular flexibility index (Phi) is 4.16. The van der Waals surface area contributed by atoms with Crippen LogP contribution in [-0.4, -0.2) is 19.7 Å². The Morgan fingerprint density at radius 3 is 2.71 bits per heavy atom.